The minimum atomic E-state index is 0.142. The first-order chi connectivity index (χ1) is 10.3. The number of rotatable bonds is 7. The van der Waals surface area contributed by atoms with Crippen LogP contribution in [-0.2, 0) is 0 Å². The molecule has 0 aromatic carbocycles. The summed E-state index contributed by atoms with van der Waals surface area (Å²) in [6.07, 6.45) is 10.2. The van der Waals surface area contributed by atoms with Crippen molar-refractivity contribution in [2.24, 2.45) is 0 Å². The van der Waals surface area contributed by atoms with E-state index >= 15 is 0 Å². The third kappa shape index (κ3) is 5.81. The Morgan fingerprint density at radius 2 is 2.24 bits per heavy atom. The van der Waals surface area contributed by atoms with Crippen LogP contribution in [0.2, 0.25) is 0 Å². The molecule has 1 saturated heterocycles. The number of aromatic nitrogens is 2. The largest absolute Gasteiger partial charge is 0.472 e. The molecule has 1 aliphatic rings. The van der Waals surface area contributed by atoms with Crippen molar-refractivity contribution in [2.45, 2.75) is 25.4 Å². The summed E-state index contributed by atoms with van der Waals surface area (Å²) in [6.45, 7) is 9.29. The Morgan fingerprint density at radius 3 is 3.00 bits per heavy atom. The van der Waals surface area contributed by atoms with E-state index in [-0.39, 0.29) is 6.10 Å². The highest BCUT2D eigenvalue weighted by Crippen LogP contribution is 2.12. The van der Waals surface area contributed by atoms with Gasteiger partial charge >= 0.3 is 0 Å². The normalized spacial score (nSPS) is 18.9. The number of ether oxygens (including phenoxy) is 1. The molecule has 0 saturated carbocycles. The van der Waals surface area contributed by atoms with Crippen molar-refractivity contribution in [2.75, 3.05) is 39.8 Å². The molecule has 0 amide bonds. The molecule has 1 aromatic heterocycles. The van der Waals surface area contributed by atoms with Crippen LogP contribution in [0.1, 0.15) is 19.3 Å². The summed E-state index contributed by atoms with van der Waals surface area (Å²) in [5, 5.41) is 0. The SMILES string of the molecule is C=CCCC(CN1CCCN(C)CC1)Oc1cnccn1. The van der Waals surface area contributed by atoms with Crippen LogP contribution < -0.4 is 4.74 Å². The maximum absolute atomic E-state index is 6.01. The van der Waals surface area contributed by atoms with Crippen molar-refractivity contribution >= 4 is 0 Å². The summed E-state index contributed by atoms with van der Waals surface area (Å²) in [6, 6.07) is 0. The van der Waals surface area contributed by atoms with E-state index in [1.54, 1.807) is 18.6 Å². The summed E-state index contributed by atoms with van der Waals surface area (Å²) in [7, 11) is 2.19. The first kappa shape index (κ1) is 15.9. The van der Waals surface area contributed by atoms with E-state index in [0.717, 1.165) is 39.0 Å². The molecule has 0 spiro atoms. The fraction of sp³-hybridized carbons (Fsp3) is 0.625. The maximum Gasteiger partial charge on any atom is 0.232 e. The molecule has 0 radical (unpaired) electrons. The summed E-state index contributed by atoms with van der Waals surface area (Å²) in [5.41, 5.74) is 0. The zero-order valence-corrected chi connectivity index (χ0v) is 12.9. The van der Waals surface area contributed by atoms with E-state index in [0.29, 0.717) is 5.88 Å². The van der Waals surface area contributed by atoms with Crippen LogP contribution >= 0.6 is 0 Å². The minimum absolute atomic E-state index is 0.142. The van der Waals surface area contributed by atoms with Gasteiger partial charge in [-0.15, -0.1) is 6.58 Å². The van der Waals surface area contributed by atoms with Gasteiger partial charge in [0, 0.05) is 32.0 Å². The van der Waals surface area contributed by atoms with Crippen LogP contribution in [0.5, 0.6) is 5.88 Å². The Labute approximate surface area is 127 Å². The van der Waals surface area contributed by atoms with Crippen LogP contribution in [-0.4, -0.2) is 65.6 Å². The number of nitrogens with zero attached hydrogens (tertiary/aromatic N) is 4. The van der Waals surface area contributed by atoms with Crippen LogP contribution in [0.4, 0.5) is 0 Å². The fourth-order valence-corrected chi connectivity index (χ4v) is 2.58. The molecule has 1 atom stereocenters. The molecule has 2 rings (SSSR count). The average Bonchev–Trinajstić information content (AvgIpc) is 2.70. The number of hydrogen-bond acceptors (Lipinski definition) is 5. The zero-order valence-electron chi connectivity index (χ0n) is 12.9. The van der Waals surface area contributed by atoms with Gasteiger partial charge in [0.25, 0.3) is 0 Å². The molecule has 2 heterocycles. The Kier molecular flexibility index (Phi) is 6.63. The second-order valence-electron chi connectivity index (χ2n) is 5.61. The van der Waals surface area contributed by atoms with Crippen LogP contribution in [0.15, 0.2) is 31.2 Å². The van der Waals surface area contributed by atoms with E-state index in [9.17, 15) is 0 Å². The van der Waals surface area contributed by atoms with Crippen molar-refractivity contribution < 1.29 is 4.74 Å². The lowest BCUT2D eigenvalue weighted by Crippen LogP contribution is -2.38. The quantitative estimate of drug-likeness (QED) is 0.717. The first-order valence-corrected chi connectivity index (χ1v) is 7.72. The second kappa shape index (κ2) is 8.74. The van der Waals surface area contributed by atoms with Crippen molar-refractivity contribution in [3.63, 3.8) is 0 Å². The van der Waals surface area contributed by atoms with Crippen molar-refractivity contribution in [1.29, 1.82) is 0 Å². The van der Waals surface area contributed by atoms with E-state index in [1.165, 1.54) is 13.0 Å². The standard InChI is InChI=1S/C16H26N4O/c1-3-4-6-15(21-16-13-17-7-8-18-16)14-20-10-5-9-19(2)11-12-20/h3,7-8,13,15H,1,4-6,9-12,14H2,2H3. The van der Waals surface area contributed by atoms with Gasteiger partial charge in [0.15, 0.2) is 0 Å². The number of allylic oxidation sites excluding steroid dienone is 1. The Bertz CT molecular complexity index is 412. The van der Waals surface area contributed by atoms with Crippen LogP contribution in [0.3, 0.4) is 0 Å². The zero-order chi connectivity index (χ0) is 14.9. The van der Waals surface area contributed by atoms with Crippen LogP contribution in [0, 0.1) is 0 Å². The van der Waals surface area contributed by atoms with Crippen LogP contribution in [0.25, 0.3) is 0 Å². The third-order valence-corrected chi connectivity index (χ3v) is 3.79. The van der Waals surface area contributed by atoms with E-state index in [1.807, 2.05) is 6.08 Å². The first-order valence-electron chi connectivity index (χ1n) is 7.72. The number of hydrogen-bond donors (Lipinski definition) is 0. The van der Waals surface area contributed by atoms with Gasteiger partial charge in [0.05, 0.1) is 6.20 Å². The van der Waals surface area contributed by atoms with E-state index in [4.69, 9.17) is 4.74 Å². The molecule has 21 heavy (non-hydrogen) atoms. The number of likely N-dealkylation sites (N-methyl/N-ethyl adjacent to an activating group) is 1. The average molecular weight is 290 g/mol. The van der Waals surface area contributed by atoms with Gasteiger partial charge in [0.1, 0.15) is 6.10 Å². The summed E-state index contributed by atoms with van der Waals surface area (Å²) >= 11 is 0. The predicted octanol–water partition coefficient (Wildman–Crippen LogP) is 1.83. The molecule has 0 N–H and O–H groups in total. The lowest BCUT2D eigenvalue weighted by molar-refractivity contribution is 0.123. The van der Waals surface area contributed by atoms with Gasteiger partial charge in [-0.2, -0.15) is 0 Å². The second-order valence-corrected chi connectivity index (χ2v) is 5.61. The molecule has 1 aromatic rings. The molecule has 0 aliphatic carbocycles. The molecule has 1 aliphatic heterocycles. The molecule has 1 unspecified atom stereocenters. The smallest absolute Gasteiger partial charge is 0.232 e. The summed E-state index contributed by atoms with van der Waals surface area (Å²) in [5.74, 6) is 0.610. The van der Waals surface area contributed by atoms with E-state index < -0.39 is 0 Å². The highest BCUT2D eigenvalue weighted by molar-refractivity contribution is 5.02. The third-order valence-electron chi connectivity index (χ3n) is 3.79. The lowest BCUT2D eigenvalue weighted by atomic mass is 10.2. The Hall–Kier alpha value is -1.46. The summed E-state index contributed by atoms with van der Waals surface area (Å²) in [4.78, 5) is 13.2. The van der Waals surface area contributed by atoms with Gasteiger partial charge < -0.3 is 9.64 Å². The Balaban J connectivity index is 1.90. The topological polar surface area (TPSA) is 41.5 Å². The van der Waals surface area contributed by atoms with Gasteiger partial charge in [-0.25, -0.2) is 4.98 Å². The molecule has 5 nitrogen and oxygen atoms in total. The Morgan fingerprint density at radius 1 is 1.33 bits per heavy atom. The lowest BCUT2D eigenvalue weighted by Gasteiger charge is -2.26. The molecule has 0 bridgehead atoms. The minimum Gasteiger partial charge on any atom is -0.472 e. The molecule has 116 valence electrons. The molecule has 5 heteroatoms. The van der Waals surface area contributed by atoms with Gasteiger partial charge in [-0.3, -0.25) is 9.88 Å². The van der Waals surface area contributed by atoms with Gasteiger partial charge in [-0.05, 0) is 39.4 Å². The monoisotopic (exact) mass is 290 g/mol. The fourth-order valence-electron chi connectivity index (χ4n) is 2.58. The van der Waals surface area contributed by atoms with Crippen molar-refractivity contribution in [3.05, 3.63) is 31.2 Å². The highest BCUT2D eigenvalue weighted by Gasteiger charge is 2.18. The van der Waals surface area contributed by atoms with Crippen molar-refractivity contribution in [3.8, 4) is 5.88 Å². The van der Waals surface area contributed by atoms with Gasteiger partial charge in [0.2, 0.25) is 5.88 Å². The highest BCUT2D eigenvalue weighted by atomic mass is 16.5. The van der Waals surface area contributed by atoms with Crippen molar-refractivity contribution in [1.82, 2.24) is 19.8 Å². The molecule has 1 fully saturated rings. The molecular weight excluding hydrogens is 264 g/mol. The molecular formula is C16H26N4O. The summed E-state index contributed by atoms with van der Waals surface area (Å²) < 4.78 is 6.01. The maximum atomic E-state index is 6.01. The predicted molar refractivity (Wildman–Crippen MR) is 84.4 cm³/mol. The van der Waals surface area contributed by atoms with E-state index in [2.05, 4.69) is 33.4 Å². The van der Waals surface area contributed by atoms with Gasteiger partial charge in [-0.1, -0.05) is 6.08 Å².